The summed E-state index contributed by atoms with van der Waals surface area (Å²) in [6.45, 7) is 3.91. The monoisotopic (exact) mass is 282 g/mol. The highest BCUT2D eigenvalue weighted by molar-refractivity contribution is 5.86. The molecule has 0 saturated carbocycles. The largest absolute Gasteiger partial charge is 0.497 e. The van der Waals surface area contributed by atoms with Crippen molar-refractivity contribution in [1.82, 2.24) is 5.32 Å². The number of hydrogen-bond donors (Lipinski definition) is 2. The van der Waals surface area contributed by atoms with Gasteiger partial charge in [-0.25, -0.2) is 0 Å². The second-order valence-electron chi connectivity index (χ2n) is 4.47. The summed E-state index contributed by atoms with van der Waals surface area (Å²) in [4.78, 5) is 11.1. The highest BCUT2D eigenvalue weighted by atomic mass is 16.5. The predicted molar refractivity (Wildman–Crippen MR) is 84.8 cm³/mol. The third-order valence-electron chi connectivity index (χ3n) is 2.98. The Balaban J connectivity index is 1.95. The van der Waals surface area contributed by atoms with Crippen LogP contribution in [0.5, 0.6) is 5.75 Å². The molecule has 0 heterocycles. The van der Waals surface area contributed by atoms with Crippen molar-refractivity contribution >= 4 is 17.3 Å². The van der Waals surface area contributed by atoms with Crippen LogP contribution in [0.15, 0.2) is 61.2 Å². The van der Waals surface area contributed by atoms with Crippen LogP contribution in [0.3, 0.4) is 0 Å². The number of benzene rings is 2. The number of methoxy groups -OCH3 is 1. The molecule has 0 radical (unpaired) electrons. The molecular weight excluding hydrogens is 264 g/mol. The minimum Gasteiger partial charge on any atom is -0.497 e. The average molecular weight is 282 g/mol. The lowest BCUT2D eigenvalue weighted by Gasteiger charge is -2.08. The number of nitrogens with one attached hydrogen (secondary N) is 2. The third kappa shape index (κ3) is 4.38. The second-order valence-corrected chi connectivity index (χ2v) is 4.47. The van der Waals surface area contributed by atoms with Crippen LogP contribution in [0, 0.1) is 0 Å². The number of rotatable bonds is 6. The lowest BCUT2D eigenvalue weighted by atomic mass is 10.2. The smallest absolute Gasteiger partial charge is 0.243 e. The fraction of sp³-hybridized carbons (Fsp3) is 0.118. The van der Waals surface area contributed by atoms with Crippen molar-refractivity contribution in [3.05, 3.63) is 66.7 Å². The number of hydrogen-bond acceptors (Lipinski definition) is 3. The van der Waals surface area contributed by atoms with Crippen LogP contribution in [0.4, 0.5) is 11.4 Å². The van der Waals surface area contributed by atoms with E-state index in [9.17, 15) is 4.79 Å². The van der Waals surface area contributed by atoms with Gasteiger partial charge in [0.1, 0.15) is 5.75 Å². The van der Waals surface area contributed by atoms with Gasteiger partial charge in [-0.15, -0.1) is 0 Å². The molecule has 0 unspecified atom stereocenters. The Bertz CT molecular complexity index is 604. The maximum Gasteiger partial charge on any atom is 0.243 e. The lowest BCUT2D eigenvalue weighted by Crippen LogP contribution is -2.19. The summed E-state index contributed by atoms with van der Waals surface area (Å²) >= 11 is 0. The van der Waals surface area contributed by atoms with Crippen molar-refractivity contribution in [2.45, 2.75) is 6.54 Å². The molecule has 1 amide bonds. The summed E-state index contributed by atoms with van der Waals surface area (Å²) in [6, 6.07) is 15.6. The molecular formula is C17H18N2O2. The Hall–Kier alpha value is -2.75. The first-order valence-corrected chi connectivity index (χ1v) is 6.61. The fourth-order valence-corrected chi connectivity index (χ4v) is 1.81. The van der Waals surface area contributed by atoms with Crippen LogP contribution in [0.25, 0.3) is 0 Å². The van der Waals surface area contributed by atoms with Gasteiger partial charge in [0.2, 0.25) is 5.91 Å². The number of anilines is 2. The van der Waals surface area contributed by atoms with E-state index in [1.54, 1.807) is 7.11 Å². The normalized spacial score (nSPS) is 9.76. The van der Waals surface area contributed by atoms with Crippen LogP contribution in [0.1, 0.15) is 5.56 Å². The minimum absolute atomic E-state index is 0.171. The van der Waals surface area contributed by atoms with E-state index in [1.807, 2.05) is 48.5 Å². The first-order valence-electron chi connectivity index (χ1n) is 6.61. The topological polar surface area (TPSA) is 50.4 Å². The second kappa shape index (κ2) is 7.14. The Morgan fingerprint density at radius 2 is 1.67 bits per heavy atom. The van der Waals surface area contributed by atoms with E-state index in [4.69, 9.17) is 4.74 Å². The van der Waals surface area contributed by atoms with Crippen LogP contribution in [0.2, 0.25) is 0 Å². The molecule has 2 N–H and O–H groups in total. The summed E-state index contributed by atoms with van der Waals surface area (Å²) in [5.74, 6) is 0.657. The van der Waals surface area contributed by atoms with Crippen LogP contribution in [-0.4, -0.2) is 13.0 Å². The van der Waals surface area contributed by atoms with Gasteiger partial charge in [-0.1, -0.05) is 18.7 Å². The van der Waals surface area contributed by atoms with Crippen LogP contribution < -0.4 is 15.4 Å². The first-order chi connectivity index (χ1) is 10.2. The van der Waals surface area contributed by atoms with E-state index < -0.39 is 0 Å². The molecule has 2 aromatic rings. The zero-order valence-electron chi connectivity index (χ0n) is 11.9. The highest BCUT2D eigenvalue weighted by Crippen LogP contribution is 2.20. The summed E-state index contributed by atoms with van der Waals surface area (Å²) in [5.41, 5.74) is 3.01. The average Bonchev–Trinajstić information content (AvgIpc) is 2.54. The van der Waals surface area contributed by atoms with Gasteiger partial charge in [-0.3, -0.25) is 4.79 Å². The standard InChI is InChI=1S/C17H18N2O2/c1-3-17(20)18-12-13-4-6-14(7-5-13)19-15-8-10-16(21-2)11-9-15/h3-11,19H,1,12H2,2H3,(H,18,20). The van der Waals surface area contributed by atoms with Gasteiger partial charge >= 0.3 is 0 Å². The molecule has 4 heteroatoms. The van der Waals surface area contributed by atoms with E-state index >= 15 is 0 Å². The van der Waals surface area contributed by atoms with E-state index in [2.05, 4.69) is 17.2 Å². The molecule has 0 aliphatic carbocycles. The number of ether oxygens (including phenoxy) is 1. The van der Waals surface area contributed by atoms with E-state index in [1.165, 1.54) is 6.08 Å². The van der Waals surface area contributed by atoms with Gasteiger partial charge in [0.25, 0.3) is 0 Å². The maximum absolute atomic E-state index is 11.1. The molecule has 21 heavy (non-hydrogen) atoms. The van der Waals surface area contributed by atoms with Gasteiger partial charge < -0.3 is 15.4 Å². The summed E-state index contributed by atoms with van der Waals surface area (Å²) in [7, 11) is 1.65. The van der Waals surface area contributed by atoms with E-state index in [0.29, 0.717) is 6.54 Å². The van der Waals surface area contributed by atoms with Crippen LogP contribution in [-0.2, 0) is 11.3 Å². The van der Waals surface area contributed by atoms with Gasteiger partial charge in [-0.05, 0) is 48.0 Å². The third-order valence-corrected chi connectivity index (χ3v) is 2.98. The molecule has 0 aliphatic rings. The Kier molecular flexibility index (Phi) is 4.99. The quantitative estimate of drug-likeness (QED) is 0.800. The molecule has 0 spiro atoms. The SMILES string of the molecule is C=CC(=O)NCc1ccc(Nc2ccc(OC)cc2)cc1. The molecule has 0 aliphatic heterocycles. The molecule has 4 nitrogen and oxygen atoms in total. The molecule has 2 aromatic carbocycles. The van der Waals surface area contributed by atoms with Crippen LogP contribution >= 0.6 is 0 Å². The number of carbonyl (C=O) groups excluding carboxylic acids is 1. The van der Waals surface area contributed by atoms with Crippen molar-refractivity contribution in [3.8, 4) is 5.75 Å². The molecule has 0 aromatic heterocycles. The van der Waals surface area contributed by atoms with Gasteiger partial charge in [-0.2, -0.15) is 0 Å². The van der Waals surface area contributed by atoms with E-state index in [0.717, 1.165) is 22.7 Å². The molecule has 0 bridgehead atoms. The summed E-state index contributed by atoms with van der Waals surface area (Å²) in [5, 5.41) is 6.04. The van der Waals surface area contributed by atoms with E-state index in [-0.39, 0.29) is 5.91 Å². The van der Waals surface area contributed by atoms with Crippen molar-refractivity contribution in [1.29, 1.82) is 0 Å². The Morgan fingerprint density at radius 1 is 1.10 bits per heavy atom. The lowest BCUT2D eigenvalue weighted by molar-refractivity contribution is -0.116. The van der Waals surface area contributed by atoms with Crippen molar-refractivity contribution in [2.75, 3.05) is 12.4 Å². The Morgan fingerprint density at radius 3 is 2.19 bits per heavy atom. The molecule has 108 valence electrons. The van der Waals surface area contributed by atoms with Crippen molar-refractivity contribution in [3.63, 3.8) is 0 Å². The zero-order valence-corrected chi connectivity index (χ0v) is 11.9. The predicted octanol–water partition coefficient (Wildman–Crippen LogP) is 3.24. The van der Waals surface area contributed by atoms with Gasteiger partial charge in [0.15, 0.2) is 0 Å². The molecule has 0 saturated heterocycles. The van der Waals surface area contributed by atoms with Crippen molar-refractivity contribution in [2.24, 2.45) is 0 Å². The first kappa shape index (κ1) is 14.7. The van der Waals surface area contributed by atoms with Crippen molar-refractivity contribution < 1.29 is 9.53 Å². The molecule has 2 rings (SSSR count). The molecule has 0 fully saturated rings. The van der Waals surface area contributed by atoms with Gasteiger partial charge in [0, 0.05) is 17.9 Å². The number of amides is 1. The summed E-state index contributed by atoms with van der Waals surface area (Å²) in [6.07, 6.45) is 1.26. The van der Waals surface area contributed by atoms with Gasteiger partial charge in [0.05, 0.1) is 7.11 Å². The zero-order chi connectivity index (χ0) is 15.1. The summed E-state index contributed by atoms with van der Waals surface area (Å²) < 4.78 is 5.12. The number of carbonyl (C=O) groups is 1. The minimum atomic E-state index is -0.171. The Labute approximate surface area is 124 Å². The highest BCUT2D eigenvalue weighted by Gasteiger charge is 1.98. The fourth-order valence-electron chi connectivity index (χ4n) is 1.81. The molecule has 0 atom stereocenters. The maximum atomic E-state index is 11.1.